The van der Waals surface area contributed by atoms with Gasteiger partial charge in [-0.2, -0.15) is 0 Å². The molecule has 5 heterocycles. The van der Waals surface area contributed by atoms with Crippen molar-refractivity contribution in [1.29, 1.82) is 0 Å². The lowest BCUT2D eigenvalue weighted by molar-refractivity contribution is -0.125. The van der Waals surface area contributed by atoms with E-state index in [2.05, 4.69) is 47.4 Å². The monoisotopic (exact) mass is 317 g/mol. The first-order chi connectivity index (χ1) is 10.5. The molecule has 3 fully saturated rings. The smallest absolute Gasteiger partial charge is 0.244 e. The fourth-order valence-electron chi connectivity index (χ4n) is 4.69. The minimum absolute atomic E-state index is 0.0761. The fourth-order valence-corrected chi connectivity index (χ4v) is 5.51. The summed E-state index contributed by atoms with van der Waals surface area (Å²) in [6, 6.07) is 2.16. The Morgan fingerprint density at radius 1 is 1.36 bits per heavy atom. The van der Waals surface area contributed by atoms with Crippen LogP contribution in [0, 0.1) is 5.92 Å². The van der Waals surface area contributed by atoms with Gasteiger partial charge in [-0.25, -0.2) is 0 Å². The number of nitrogens with two attached hydrogens (primary N) is 1. The summed E-state index contributed by atoms with van der Waals surface area (Å²) in [5.41, 5.74) is 5.81. The maximum atomic E-state index is 12.1. The topological polar surface area (TPSA) is 49.6 Å². The second-order valence-corrected chi connectivity index (χ2v) is 8.20. The van der Waals surface area contributed by atoms with Gasteiger partial charge in [0.15, 0.2) is 0 Å². The van der Waals surface area contributed by atoms with Gasteiger partial charge in [-0.3, -0.25) is 9.69 Å². The van der Waals surface area contributed by atoms with Gasteiger partial charge in [0.25, 0.3) is 0 Å². The third-order valence-electron chi connectivity index (χ3n) is 5.78. The summed E-state index contributed by atoms with van der Waals surface area (Å²) in [7, 11) is 0. The molecule has 2 N–H and O–H groups in total. The molecule has 1 amide bonds. The zero-order valence-corrected chi connectivity index (χ0v) is 14.0. The maximum absolute atomic E-state index is 12.1. The Bertz CT molecular complexity index is 715. The van der Waals surface area contributed by atoms with Crippen LogP contribution in [0.15, 0.2) is 11.4 Å². The molecule has 22 heavy (non-hydrogen) atoms. The summed E-state index contributed by atoms with van der Waals surface area (Å²) >= 11 is 1.68. The first-order valence-corrected chi connectivity index (χ1v) is 8.95. The number of nitrogens with zero attached hydrogens (tertiary/aromatic N) is 2. The van der Waals surface area contributed by atoms with Crippen LogP contribution in [0.5, 0.6) is 0 Å². The van der Waals surface area contributed by atoms with Crippen molar-refractivity contribution in [2.24, 2.45) is 11.7 Å². The quantitative estimate of drug-likeness (QED) is 0.854. The van der Waals surface area contributed by atoms with Crippen LogP contribution >= 0.6 is 11.3 Å². The minimum atomic E-state index is -0.323. The van der Waals surface area contributed by atoms with Crippen molar-refractivity contribution >= 4 is 29.5 Å². The molecule has 0 radical (unpaired) electrons. The molecular formula is C17H23N3OS. The van der Waals surface area contributed by atoms with Crippen LogP contribution in [-0.4, -0.2) is 46.4 Å². The molecule has 4 aliphatic heterocycles. The molecule has 0 aliphatic carbocycles. The highest BCUT2D eigenvalue weighted by Gasteiger charge is 2.51. The molecule has 2 atom stereocenters. The van der Waals surface area contributed by atoms with Gasteiger partial charge in [0.05, 0.1) is 6.04 Å². The largest absolute Gasteiger partial charge is 0.368 e. The predicted molar refractivity (Wildman–Crippen MR) is 89.5 cm³/mol. The first-order valence-electron chi connectivity index (χ1n) is 8.07. The van der Waals surface area contributed by atoms with Crippen LogP contribution in [-0.2, 0) is 4.79 Å². The Morgan fingerprint density at radius 3 is 2.73 bits per heavy atom. The number of hydrogen-bond donors (Lipinski definition) is 1. The summed E-state index contributed by atoms with van der Waals surface area (Å²) in [6.07, 6.45) is 6.67. The molecule has 1 aromatic rings. The Morgan fingerprint density at radius 2 is 2.09 bits per heavy atom. The Hall–Kier alpha value is -1.33. The lowest BCUT2D eigenvalue weighted by atomic mass is 9.70. The van der Waals surface area contributed by atoms with Crippen LogP contribution < -0.4 is 15.5 Å². The molecule has 118 valence electrons. The van der Waals surface area contributed by atoms with Crippen molar-refractivity contribution in [3.05, 3.63) is 21.2 Å². The predicted octanol–water partition coefficient (Wildman–Crippen LogP) is 0.309. The van der Waals surface area contributed by atoms with Gasteiger partial charge < -0.3 is 10.6 Å². The zero-order valence-electron chi connectivity index (χ0n) is 13.2. The average molecular weight is 317 g/mol. The SMILES string of the molecule is CC1(C)C(N2C=c3ccsc3=CC2C(N)=O)C2CCN1CC2. The van der Waals surface area contributed by atoms with Crippen molar-refractivity contribution in [2.75, 3.05) is 13.1 Å². The lowest BCUT2D eigenvalue weighted by Crippen LogP contribution is -2.70. The third-order valence-corrected chi connectivity index (χ3v) is 6.68. The number of thiophene rings is 1. The molecule has 2 bridgehead atoms. The van der Waals surface area contributed by atoms with Gasteiger partial charge in [-0.05, 0) is 63.2 Å². The highest BCUT2D eigenvalue weighted by Crippen LogP contribution is 2.43. The number of primary amides is 1. The van der Waals surface area contributed by atoms with E-state index in [0.717, 1.165) is 0 Å². The molecule has 4 nitrogen and oxygen atoms in total. The standard InChI is InChI=1S/C17H23N3OS/c1-17(2)15(11-3-6-19(17)7-4-11)20-10-12-5-8-22-14(12)9-13(20)16(18)21/h5,8-11,13,15H,3-4,6-7H2,1-2H3,(H2,18,21). The number of rotatable bonds is 2. The van der Waals surface area contributed by atoms with E-state index in [-0.39, 0.29) is 17.5 Å². The molecule has 2 unspecified atom stereocenters. The summed E-state index contributed by atoms with van der Waals surface area (Å²) in [6.45, 7) is 6.99. The van der Waals surface area contributed by atoms with Gasteiger partial charge in [0.2, 0.25) is 5.91 Å². The lowest BCUT2D eigenvalue weighted by Gasteiger charge is -2.60. The van der Waals surface area contributed by atoms with Crippen LogP contribution in [0.2, 0.25) is 0 Å². The van der Waals surface area contributed by atoms with Crippen molar-refractivity contribution in [3.8, 4) is 0 Å². The normalized spacial score (nSPS) is 35.5. The van der Waals surface area contributed by atoms with Gasteiger partial charge in [-0.1, -0.05) is 0 Å². The van der Waals surface area contributed by atoms with E-state index < -0.39 is 0 Å². The van der Waals surface area contributed by atoms with Gasteiger partial charge >= 0.3 is 0 Å². The van der Waals surface area contributed by atoms with Crippen molar-refractivity contribution in [1.82, 2.24) is 9.80 Å². The summed E-state index contributed by atoms with van der Waals surface area (Å²) < 4.78 is 1.17. The number of piperidine rings is 3. The number of fused-ring (bicyclic) bond motifs is 4. The summed E-state index contributed by atoms with van der Waals surface area (Å²) in [4.78, 5) is 16.9. The Kier molecular flexibility index (Phi) is 3.13. The van der Waals surface area contributed by atoms with Gasteiger partial charge in [0.1, 0.15) is 6.04 Å². The van der Waals surface area contributed by atoms with Crippen LogP contribution in [0.3, 0.4) is 0 Å². The molecule has 5 heteroatoms. The minimum Gasteiger partial charge on any atom is -0.368 e. The summed E-state index contributed by atoms with van der Waals surface area (Å²) in [5, 5.41) is 3.30. The van der Waals surface area contributed by atoms with Crippen LogP contribution in [0.25, 0.3) is 12.3 Å². The van der Waals surface area contributed by atoms with E-state index in [0.29, 0.717) is 12.0 Å². The van der Waals surface area contributed by atoms with Crippen molar-refractivity contribution < 1.29 is 4.79 Å². The van der Waals surface area contributed by atoms with E-state index in [1.165, 1.54) is 35.7 Å². The first kappa shape index (κ1) is 14.3. The number of carbonyl (C=O) groups is 1. The zero-order chi connectivity index (χ0) is 15.5. The highest BCUT2D eigenvalue weighted by atomic mass is 32.1. The Balaban J connectivity index is 1.81. The molecule has 1 aromatic heterocycles. The average Bonchev–Trinajstić information content (AvgIpc) is 2.93. The highest BCUT2D eigenvalue weighted by molar-refractivity contribution is 7.07. The maximum Gasteiger partial charge on any atom is 0.244 e. The van der Waals surface area contributed by atoms with E-state index in [4.69, 9.17) is 5.73 Å². The van der Waals surface area contributed by atoms with Crippen LogP contribution in [0.4, 0.5) is 0 Å². The molecule has 0 aromatic carbocycles. The van der Waals surface area contributed by atoms with Gasteiger partial charge in [-0.15, -0.1) is 11.3 Å². The van der Waals surface area contributed by atoms with E-state index in [1.807, 2.05) is 0 Å². The number of amides is 1. The second kappa shape index (κ2) is 4.83. The third kappa shape index (κ3) is 1.95. The molecule has 3 saturated heterocycles. The molecule has 0 spiro atoms. The van der Waals surface area contributed by atoms with E-state index in [9.17, 15) is 4.79 Å². The number of hydrogen-bond acceptors (Lipinski definition) is 4. The Labute approximate surface area is 134 Å². The second-order valence-electron chi connectivity index (χ2n) is 7.25. The number of carbonyl (C=O) groups excluding carboxylic acids is 1. The van der Waals surface area contributed by atoms with Gasteiger partial charge in [0, 0.05) is 21.5 Å². The molecule has 0 saturated carbocycles. The summed E-state index contributed by atoms with van der Waals surface area (Å²) in [5.74, 6) is 0.397. The molecular weight excluding hydrogens is 294 g/mol. The molecule has 5 rings (SSSR count). The van der Waals surface area contributed by atoms with Crippen LogP contribution in [0.1, 0.15) is 26.7 Å². The molecule has 4 aliphatic rings. The fraction of sp³-hybridized carbons (Fsp3) is 0.588. The van der Waals surface area contributed by atoms with Crippen molar-refractivity contribution in [3.63, 3.8) is 0 Å². The van der Waals surface area contributed by atoms with Crippen molar-refractivity contribution in [2.45, 2.75) is 44.3 Å². The van der Waals surface area contributed by atoms with E-state index >= 15 is 0 Å². The van der Waals surface area contributed by atoms with E-state index in [1.54, 1.807) is 11.3 Å².